The Morgan fingerprint density at radius 2 is 1.75 bits per heavy atom. The zero-order chi connectivity index (χ0) is 20.5. The summed E-state index contributed by atoms with van der Waals surface area (Å²) >= 11 is 0.700. The van der Waals surface area contributed by atoms with Gasteiger partial charge >= 0.3 is 0 Å². The van der Waals surface area contributed by atoms with Crippen LogP contribution in [-0.2, 0) is 19.9 Å². The first-order chi connectivity index (χ1) is 13.1. The SMILES string of the molecule is CC(C)c1cc(C(=O)NS(=O)(=O)c2cc(S(=O)(=O)c3ccccc3)cs2)no1. The number of sulfonamides is 1. The molecule has 0 saturated carbocycles. The summed E-state index contributed by atoms with van der Waals surface area (Å²) in [7, 11) is -8.13. The van der Waals surface area contributed by atoms with Crippen molar-refractivity contribution in [3.63, 3.8) is 0 Å². The highest BCUT2D eigenvalue weighted by Crippen LogP contribution is 2.28. The van der Waals surface area contributed by atoms with E-state index < -0.39 is 25.8 Å². The highest BCUT2D eigenvalue weighted by molar-refractivity contribution is 7.93. The first-order valence-corrected chi connectivity index (χ1v) is 11.9. The third-order valence-electron chi connectivity index (χ3n) is 3.74. The largest absolute Gasteiger partial charge is 0.360 e. The van der Waals surface area contributed by atoms with E-state index in [1.165, 1.54) is 23.6 Å². The normalized spacial score (nSPS) is 12.2. The van der Waals surface area contributed by atoms with Crippen molar-refractivity contribution < 1.29 is 26.2 Å². The summed E-state index contributed by atoms with van der Waals surface area (Å²) in [6.45, 7) is 3.67. The predicted molar refractivity (Wildman–Crippen MR) is 101 cm³/mol. The third kappa shape index (κ3) is 4.01. The average Bonchev–Trinajstić information content (AvgIpc) is 3.32. The van der Waals surface area contributed by atoms with Crippen molar-refractivity contribution in [2.45, 2.75) is 33.8 Å². The van der Waals surface area contributed by atoms with E-state index in [9.17, 15) is 21.6 Å². The van der Waals surface area contributed by atoms with Gasteiger partial charge in [0.1, 0.15) is 9.97 Å². The van der Waals surface area contributed by atoms with Gasteiger partial charge in [0.25, 0.3) is 15.9 Å². The van der Waals surface area contributed by atoms with Crippen LogP contribution in [-0.4, -0.2) is 27.9 Å². The summed E-state index contributed by atoms with van der Waals surface area (Å²) in [5.74, 6) is -0.542. The molecule has 1 aromatic carbocycles. The van der Waals surface area contributed by atoms with Gasteiger partial charge in [-0.3, -0.25) is 4.79 Å². The lowest BCUT2D eigenvalue weighted by Crippen LogP contribution is -2.30. The van der Waals surface area contributed by atoms with E-state index in [0.29, 0.717) is 17.1 Å². The van der Waals surface area contributed by atoms with Crippen LogP contribution in [0.25, 0.3) is 0 Å². The molecule has 0 aliphatic heterocycles. The number of benzene rings is 1. The molecule has 0 radical (unpaired) electrons. The number of rotatable bonds is 6. The Hall–Kier alpha value is -2.50. The van der Waals surface area contributed by atoms with Gasteiger partial charge in [0, 0.05) is 17.4 Å². The summed E-state index contributed by atoms with van der Waals surface area (Å²) in [5, 5.41) is 4.77. The standard InChI is InChI=1S/C17H16N2O6S3/c1-11(2)15-9-14(18-25-15)17(20)19-28(23,24)16-8-13(10-26-16)27(21,22)12-6-4-3-5-7-12/h3-11H,1-2H3,(H,19,20). The number of hydrogen-bond acceptors (Lipinski definition) is 8. The summed E-state index contributed by atoms with van der Waals surface area (Å²) < 4.78 is 56.6. The number of hydrogen-bond donors (Lipinski definition) is 1. The number of amides is 1. The highest BCUT2D eigenvalue weighted by atomic mass is 32.2. The highest BCUT2D eigenvalue weighted by Gasteiger charge is 2.26. The van der Waals surface area contributed by atoms with Crippen LogP contribution in [0.1, 0.15) is 36.0 Å². The van der Waals surface area contributed by atoms with Gasteiger partial charge in [-0.2, -0.15) is 0 Å². The zero-order valence-electron chi connectivity index (χ0n) is 14.8. The van der Waals surface area contributed by atoms with Crippen molar-refractivity contribution in [1.82, 2.24) is 9.88 Å². The van der Waals surface area contributed by atoms with Gasteiger partial charge in [-0.1, -0.05) is 37.2 Å². The van der Waals surface area contributed by atoms with Crippen molar-refractivity contribution in [3.8, 4) is 0 Å². The van der Waals surface area contributed by atoms with Crippen molar-refractivity contribution >= 4 is 37.1 Å². The number of carbonyl (C=O) groups excluding carboxylic acids is 1. The van der Waals surface area contributed by atoms with Crippen LogP contribution in [0.2, 0.25) is 0 Å². The van der Waals surface area contributed by atoms with Crippen LogP contribution in [0.3, 0.4) is 0 Å². The van der Waals surface area contributed by atoms with E-state index in [4.69, 9.17) is 4.52 Å². The maximum atomic E-state index is 12.6. The Morgan fingerprint density at radius 1 is 1.07 bits per heavy atom. The van der Waals surface area contributed by atoms with E-state index in [-0.39, 0.29) is 25.6 Å². The van der Waals surface area contributed by atoms with Crippen molar-refractivity contribution in [1.29, 1.82) is 0 Å². The van der Waals surface area contributed by atoms with Crippen LogP contribution >= 0.6 is 11.3 Å². The lowest BCUT2D eigenvalue weighted by molar-refractivity contribution is 0.0972. The monoisotopic (exact) mass is 440 g/mol. The summed E-state index contributed by atoms with van der Waals surface area (Å²) in [6.07, 6.45) is 0. The molecule has 8 nitrogen and oxygen atoms in total. The predicted octanol–water partition coefficient (Wildman–Crippen LogP) is 2.81. The minimum absolute atomic E-state index is 0.0197. The minimum Gasteiger partial charge on any atom is -0.360 e. The Kier molecular flexibility index (Phi) is 5.41. The van der Waals surface area contributed by atoms with E-state index in [0.717, 1.165) is 6.07 Å². The van der Waals surface area contributed by atoms with Crippen molar-refractivity contribution in [2.24, 2.45) is 0 Å². The number of aromatic nitrogens is 1. The Balaban J connectivity index is 1.84. The lowest BCUT2D eigenvalue weighted by atomic mass is 10.1. The van der Waals surface area contributed by atoms with Crippen molar-refractivity contribution in [3.05, 3.63) is 59.3 Å². The van der Waals surface area contributed by atoms with E-state index in [2.05, 4.69) is 5.16 Å². The fourth-order valence-corrected chi connectivity index (χ4v) is 6.07. The molecule has 0 unspecified atom stereocenters. The molecule has 148 valence electrons. The second kappa shape index (κ2) is 7.49. The molecule has 2 aromatic heterocycles. The fourth-order valence-electron chi connectivity index (χ4n) is 2.21. The van der Waals surface area contributed by atoms with Gasteiger partial charge in [-0.15, -0.1) is 11.3 Å². The molecule has 3 rings (SSSR count). The smallest absolute Gasteiger partial charge is 0.287 e. The average molecular weight is 441 g/mol. The first-order valence-electron chi connectivity index (χ1n) is 8.03. The lowest BCUT2D eigenvalue weighted by Gasteiger charge is -2.03. The summed E-state index contributed by atoms with van der Waals surface area (Å²) in [6, 6.07) is 10.0. The second-order valence-corrected chi connectivity index (χ2v) is 10.9. The van der Waals surface area contributed by atoms with Gasteiger partial charge in [-0.25, -0.2) is 21.6 Å². The van der Waals surface area contributed by atoms with E-state index in [1.54, 1.807) is 18.2 Å². The van der Waals surface area contributed by atoms with Crippen LogP contribution in [0.5, 0.6) is 0 Å². The molecule has 28 heavy (non-hydrogen) atoms. The van der Waals surface area contributed by atoms with E-state index in [1.807, 2.05) is 18.6 Å². The third-order valence-corrected chi connectivity index (χ3v) is 8.41. The fraction of sp³-hybridized carbons (Fsp3) is 0.176. The van der Waals surface area contributed by atoms with Crippen LogP contribution in [0, 0.1) is 0 Å². The van der Waals surface area contributed by atoms with Crippen LogP contribution in [0.15, 0.2) is 66.4 Å². The maximum absolute atomic E-state index is 12.6. The van der Waals surface area contributed by atoms with Crippen LogP contribution < -0.4 is 4.72 Å². The Bertz CT molecular complexity index is 1210. The first kappa shape index (κ1) is 20.2. The molecule has 0 bridgehead atoms. The molecule has 0 atom stereocenters. The van der Waals surface area contributed by atoms with Crippen LogP contribution in [0.4, 0.5) is 0 Å². The molecule has 1 N–H and O–H groups in total. The molecular weight excluding hydrogens is 424 g/mol. The van der Waals surface area contributed by atoms with Gasteiger partial charge < -0.3 is 4.52 Å². The Labute approximate surface area is 166 Å². The van der Waals surface area contributed by atoms with Gasteiger partial charge in [0.05, 0.1) is 9.79 Å². The summed E-state index contributed by atoms with van der Waals surface area (Å²) in [5.41, 5.74) is -0.180. The van der Waals surface area contributed by atoms with E-state index >= 15 is 0 Å². The number of nitrogens with one attached hydrogen (secondary N) is 1. The molecule has 3 aromatic rings. The quantitative estimate of drug-likeness (QED) is 0.625. The Morgan fingerprint density at radius 3 is 2.36 bits per heavy atom. The van der Waals surface area contributed by atoms with Gasteiger partial charge in [-0.05, 0) is 18.2 Å². The zero-order valence-corrected chi connectivity index (χ0v) is 17.3. The number of carbonyl (C=O) groups is 1. The molecule has 0 fully saturated rings. The van der Waals surface area contributed by atoms with Crippen molar-refractivity contribution in [2.75, 3.05) is 0 Å². The van der Waals surface area contributed by atoms with Gasteiger partial charge in [0.2, 0.25) is 9.84 Å². The number of sulfone groups is 1. The molecule has 0 aliphatic carbocycles. The number of thiophene rings is 1. The maximum Gasteiger partial charge on any atom is 0.287 e. The molecule has 2 heterocycles. The molecule has 11 heteroatoms. The minimum atomic E-state index is -4.27. The molecule has 0 saturated heterocycles. The molecular formula is C17H16N2O6S3. The summed E-state index contributed by atoms with van der Waals surface area (Å²) in [4.78, 5) is 12.0. The molecule has 1 amide bonds. The second-order valence-electron chi connectivity index (χ2n) is 6.12. The molecule has 0 aliphatic rings. The topological polar surface area (TPSA) is 123 Å². The van der Waals surface area contributed by atoms with Gasteiger partial charge in [0.15, 0.2) is 5.69 Å². The molecule has 0 spiro atoms. The number of nitrogens with zero attached hydrogens (tertiary/aromatic N) is 1.